The van der Waals surface area contributed by atoms with Crippen molar-refractivity contribution in [1.82, 2.24) is 5.32 Å². The SMILES string of the molecule is O=C(NCCc1cccs1)Nc1cccc(Cl)c1SC(F)F. The number of benzene rings is 1. The molecule has 8 heteroatoms. The van der Waals surface area contributed by atoms with Gasteiger partial charge >= 0.3 is 6.03 Å². The molecule has 3 nitrogen and oxygen atoms in total. The number of hydrogen-bond donors (Lipinski definition) is 2. The summed E-state index contributed by atoms with van der Waals surface area (Å²) in [6.45, 7) is 0.463. The molecule has 0 fully saturated rings. The van der Waals surface area contributed by atoms with E-state index in [1.54, 1.807) is 17.4 Å². The third-order valence-electron chi connectivity index (χ3n) is 2.66. The first kappa shape index (κ1) is 17.1. The third-order valence-corrected chi connectivity index (χ3v) is 4.88. The molecule has 0 atom stereocenters. The van der Waals surface area contributed by atoms with E-state index in [-0.39, 0.29) is 15.6 Å². The van der Waals surface area contributed by atoms with E-state index in [9.17, 15) is 13.6 Å². The van der Waals surface area contributed by atoms with E-state index in [0.29, 0.717) is 18.3 Å². The maximum absolute atomic E-state index is 12.6. The lowest BCUT2D eigenvalue weighted by atomic mass is 10.3. The second kappa shape index (κ2) is 8.36. The third kappa shape index (κ3) is 5.15. The number of thiophene rings is 1. The minimum absolute atomic E-state index is 0.160. The fourth-order valence-electron chi connectivity index (χ4n) is 1.74. The molecule has 0 bridgehead atoms. The first-order valence-corrected chi connectivity index (χ1v) is 8.50. The predicted octanol–water partition coefficient (Wildman–Crippen LogP) is 5.08. The van der Waals surface area contributed by atoms with E-state index >= 15 is 0 Å². The van der Waals surface area contributed by atoms with Crippen LogP contribution in [0.25, 0.3) is 0 Å². The minimum atomic E-state index is -2.61. The molecular weight excluding hydrogens is 350 g/mol. The topological polar surface area (TPSA) is 41.1 Å². The second-order valence-electron chi connectivity index (χ2n) is 4.21. The van der Waals surface area contributed by atoms with Crippen molar-refractivity contribution in [1.29, 1.82) is 0 Å². The lowest BCUT2D eigenvalue weighted by Gasteiger charge is -2.12. The first-order chi connectivity index (χ1) is 10.6. The van der Waals surface area contributed by atoms with Gasteiger partial charge in [0.15, 0.2) is 0 Å². The zero-order valence-electron chi connectivity index (χ0n) is 11.3. The van der Waals surface area contributed by atoms with Gasteiger partial charge in [-0.15, -0.1) is 11.3 Å². The summed E-state index contributed by atoms with van der Waals surface area (Å²) in [6, 6.07) is 8.12. The summed E-state index contributed by atoms with van der Waals surface area (Å²) in [6.07, 6.45) is 0.722. The van der Waals surface area contributed by atoms with Crippen LogP contribution in [0.4, 0.5) is 19.3 Å². The summed E-state index contributed by atoms with van der Waals surface area (Å²) in [7, 11) is 0. The van der Waals surface area contributed by atoms with Crippen molar-refractivity contribution in [3.05, 3.63) is 45.6 Å². The maximum atomic E-state index is 12.6. The maximum Gasteiger partial charge on any atom is 0.319 e. The summed E-state index contributed by atoms with van der Waals surface area (Å²) in [5, 5.41) is 7.39. The summed E-state index contributed by atoms with van der Waals surface area (Å²) in [4.78, 5) is 13.2. The largest absolute Gasteiger partial charge is 0.338 e. The van der Waals surface area contributed by atoms with Crippen molar-refractivity contribution in [3.8, 4) is 0 Å². The fourth-order valence-corrected chi connectivity index (χ4v) is 3.36. The highest BCUT2D eigenvalue weighted by molar-refractivity contribution is 7.99. The average Bonchev–Trinajstić information content (AvgIpc) is 2.95. The molecule has 2 N–H and O–H groups in total. The summed E-state index contributed by atoms with van der Waals surface area (Å²) < 4.78 is 25.1. The van der Waals surface area contributed by atoms with E-state index < -0.39 is 11.8 Å². The lowest BCUT2D eigenvalue weighted by Crippen LogP contribution is -2.30. The molecule has 0 unspecified atom stereocenters. The molecule has 0 saturated heterocycles. The van der Waals surface area contributed by atoms with Crippen LogP contribution in [-0.4, -0.2) is 18.3 Å². The molecule has 0 saturated carbocycles. The molecule has 1 heterocycles. The number of carbonyl (C=O) groups is 1. The molecule has 2 aromatic rings. The van der Waals surface area contributed by atoms with E-state index in [2.05, 4.69) is 10.6 Å². The van der Waals surface area contributed by atoms with Gasteiger partial charge in [0.05, 0.1) is 15.6 Å². The Hall–Kier alpha value is -1.31. The van der Waals surface area contributed by atoms with Gasteiger partial charge < -0.3 is 10.6 Å². The van der Waals surface area contributed by atoms with Crippen LogP contribution < -0.4 is 10.6 Å². The quantitative estimate of drug-likeness (QED) is 0.703. The molecular formula is C14H13ClF2N2OS2. The zero-order chi connectivity index (χ0) is 15.9. The molecule has 2 amide bonds. The number of nitrogens with one attached hydrogen (secondary N) is 2. The van der Waals surface area contributed by atoms with Gasteiger partial charge in [0.1, 0.15) is 0 Å². The summed E-state index contributed by atoms with van der Waals surface area (Å²) in [5.74, 6) is -2.61. The van der Waals surface area contributed by atoms with Crippen LogP contribution in [-0.2, 0) is 6.42 Å². The number of anilines is 1. The van der Waals surface area contributed by atoms with Crippen molar-refractivity contribution >= 4 is 46.4 Å². The van der Waals surface area contributed by atoms with Crippen LogP contribution in [0.5, 0.6) is 0 Å². The van der Waals surface area contributed by atoms with Crippen LogP contribution >= 0.6 is 34.7 Å². The van der Waals surface area contributed by atoms with E-state index in [0.717, 1.165) is 11.3 Å². The van der Waals surface area contributed by atoms with Gasteiger partial charge in [-0.25, -0.2) is 4.79 Å². The molecule has 22 heavy (non-hydrogen) atoms. The van der Waals surface area contributed by atoms with Crippen molar-refractivity contribution in [2.45, 2.75) is 17.1 Å². The summed E-state index contributed by atoms with van der Waals surface area (Å²) in [5.41, 5.74) is 0.270. The number of carbonyl (C=O) groups excluding carboxylic acids is 1. The number of urea groups is 1. The summed E-state index contributed by atoms with van der Waals surface area (Å²) >= 11 is 7.83. The molecule has 1 aromatic heterocycles. The van der Waals surface area contributed by atoms with Crippen molar-refractivity contribution in [3.63, 3.8) is 0 Å². The molecule has 118 valence electrons. The number of hydrogen-bond acceptors (Lipinski definition) is 3. The molecule has 1 aromatic carbocycles. The Morgan fingerprint density at radius 1 is 1.32 bits per heavy atom. The standard InChI is InChI=1S/C14H13ClF2N2OS2/c15-10-4-1-5-11(12(10)22-13(16)17)19-14(20)18-7-6-9-3-2-8-21-9/h1-5,8,13H,6-7H2,(H2,18,19,20). The Bertz CT molecular complexity index is 623. The van der Waals surface area contributed by atoms with Crippen molar-refractivity contribution in [2.75, 3.05) is 11.9 Å². The Kier molecular flexibility index (Phi) is 6.48. The van der Waals surface area contributed by atoms with Gasteiger partial charge in [-0.2, -0.15) is 8.78 Å². The minimum Gasteiger partial charge on any atom is -0.338 e. The number of thioether (sulfide) groups is 1. The van der Waals surface area contributed by atoms with Crippen LogP contribution in [0.2, 0.25) is 5.02 Å². The zero-order valence-corrected chi connectivity index (χ0v) is 13.7. The number of alkyl halides is 2. The Balaban J connectivity index is 1.92. The molecule has 0 aliphatic carbocycles. The first-order valence-electron chi connectivity index (χ1n) is 6.37. The van der Waals surface area contributed by atoms with Gasteiger partial charge in [-0.3, -0.25) is 0 Å². The van der Waals surface area contributed by atoms with E-state index in [1.807, 2.05) is 17.5 Å². The van der Waals surface area contributed by atoms with Crippen LogP contribution in [0.3, 0.4) is 0 Å². The molecule has 0 radical (unpaired) electrons. The number of rotatable bonds is 6. The van der Waals surface area contributed by atoms with Gasteiger partial charge in [-0.05, 0) is 30.0 Å². The van der Waals surface area contributed by atoms with Crippen LogP contribution in [0, 0.1) is 0 Å². The van der Waals surface area contributed by atoms with Crippen LogP contribution in [0.1, 0.15) is 4.88 Å². The average molecular weight is 363 g/mol. The van der Waals surface area contributed by atoms with E-state index in [4.69, 9.17) is 11.6 Å². The van der Waals surface area contributed by atoms with Crippen molar-refractivity contribution in [2.24, 2.45) is 0 Å². The highest BCUT2D eigenvalue weighted by Gasteiger charge is 2.15. The van der Waals surface area contributed by atoms with Gasteiger partial charge in [0.25, 0.3) is 5.76 Å². The van der Waals surface area contributed by atoms with Crippen LogP contribution in [0.15, 0.2) is 40.6 Å². The van der Waals surface area contributed by atoms with Crippen molar-refractivity contribution < 1.29 is 13.6 Å². The van der Waals surface area contributed by atoms with Gasteiger partial charge in [0.2, 0.25) is 0 Å². The molecule has 0 aliphatic rings. The highest BCUT2D eigenvalue weighted by Crippen LogP contribution is 2.37. The fraction of sp³-hybridized carbons (Fsp3) is 0.214. The lowest BCUT2D eigenvalue weighted by molar-refractivity contribution is 0.251. The Morgan fingerprint density at radius 3 is 2.82 bits per heavy atom. The Labute approximate surface area is 140 Å². The van der Waals surface area contributed by atoms with Gasteiger partial charge in [-0.1, -0.05) is 35.5 Å². The van der Waals surface area contributed by atoms with Gasteiger partial charge in [0, 0.05) is 11.4 Å². The molecule has 2 rings (SSSR count). The number of halogens is 3. The smallest absolute Gasteiger partial charge is 0.319 e. The molecule has 0 aliphatic heterocycles. The highest BCUT2D eigenvalue weighted by atomic mass is 35.5. The van der Waals surface area contributed by atoms with E-state index in [1.165, 1.54) is 12.1 Å². The Morgan fingerprint density at radius 2 is 2.14 bits per heavy atom. The monoisotopic (exact) mass is 362 g/mol. The second-order valence-corrected chi connectivity index (χ2v) is 6.65. The molecule has 0 spiro atoms. The predicted molar refractivity (Wildman–Crippen MR) is 88.4 cm³/mol. The number of amides is 2. The normalized spacial score (nSPS) is 10.7.